The van der Waals surface area contributed by atoms with Crippen LogP contribution >= 0.6 is 0 Å². The third kappa shape index (κ3) is 7.65. The molecule has 0 spiro atoms. The zero-order valence-corrected chi connectivity index (χ0v) is 18.1. The number of nitrogens with zero attached hydrogens (tertiary/aromatic N) is 1. The second-order valence-electron chi connectivity index (χ2n) is 7.04. The van der Waals surface area contributed by atoms with Crippen LogP contribution in [0.1, 0.15) is 48.4 Å². The van der Waals surface area contributed by atoms with E-state index in [0.717, 1.165) is 60.5 Å². The van der Waals surface area contributed by atoms with E-state index < -0.39 is 0 Å². The van der Waals surface area contributed by atoms with Gasteiger partial charge in [0.05, 0.1) is 12.8 Å². The van der Waals surface area contributed by atoms with Crippen molar-refractivity contribution in [1.82, 2.24) is 0 Å². The fourth-order valence-electron chi connectivity index (χ4n) is 3.23. The van der Waals surface area contributed by atoms with Gasteiger partial charge in [-0.05, 0) is 80.8 Å². The monoisotopic (exact) mass is 395 g/mol. The van der Waals surface area contributed by atoms with Crippen LogP contribution in [0.25, 0.3) is 0 Å². The molecule has 4 nitrogen and oxygen atoms in total. The lowest BCUT2D eigenvalue weighted by Gasteiger charge is -2.14. The maximum atomic E-state index is 6.07. The quantitative estimate of drug-likeness (QED) is 0.191. The second-order valence-corrected chi connectivity index (χ2v) is 7.04. The molecule has 0 bridgehead atoms. The molecule has 0 aromatic heterocycles. The summed E-state index contributed by atoms with van der Waals surface area (Å²) in [5, 5.41) is 3.88. The lowest BCUT2D eigenvalue weighted by Crippen LogP contribution is -2.02. The minimum absolute atomic E-state index is 0.593. The summed E-state index contributed by atoms with van der Waals surface area (Å²) in [6.45, 7) is 7.46. The summed E-state index contributed by atoms with van der Waals surface area (Å²) < 4.78 is 11.8. The maximum Gasteiger partial charge on any atom is 0.125 e. The zero-order chi connectivity index (χ0) is 20.9. The lowest BCUT2D eigenvalue weighted by atomic mass is 10.0. The summed E-state index contributed by atoms with van der Waals surface area (Å²) in [5.74, 6) is 1.87. The minimum atomic E-state index is 0.593. The van der Waals surface area contributed by atoms with Gasteiger partial charge in [0.1, 0.15) is 25.2 Å². The largest absolute Gasteiger partial charge is 0.493 e. The van der Waals surface area contributed by atoms with Crippen molar-refractivity contribution in [3.8, 4) is 11.5 Å². The van der Waals surface area contributed by atoms with Crippen LogP contribution in [0.2, 0.25) is 0 Å². The number of ether oxygens (including phenoxy) is 2. The van der Waals surface area contributed by atoms with Gasteiger partial charge >= 0.3 is 0 Å². The van der Waals surface area contributed by atoms with Crippen molar-refractivity contribution in [2.24, 2.45) is 5.16 Å². The standard InChI is InChI=1S/C25H33NO3/c1-5-6-15-28-24-17-20(2)25(21(3)18-24)29-16-11-7-8-12-22-13-9-10-14-23(22)19-26-27-4/h5-6,9-10,13-14,17-19H,7-8,11-12,15-16H2,1-4H3/b6-5+,26-19+. The maximum absolute atomic E-state index is 6.07. The van der Waals surface area contributed by atoms with Crippen molar-refractivity contribution in [1.29, 1.82) is 0 Å². The summed E-state index contributed by atoms with van der Waals surface area (Å²) in [7, 11) is 1.56. The molecule has 0 amide bonds. The molecular weight excluding hydrogens is 362 g/mol. The number of benzene rings is 2. The molecule has 0 aliphatic rings. The van der Waals surface area contributed by atoms with Gasteiger partial charge in [-0.2, -0.15) is 0 Å². The van der Waals surface area contributed by atoms with Gasteiger partial charge in [-0.3, -0.25) is 0 Å². The van der Waals surface area contributed by atoms with Crippen molar-refractivity contribution in [2.75, 3.05) is 20.3 Å². The molecule has 0 N–H and O–H groups in total. The fraction of sp³-hybridized carbons (Fsp3) is 0.400. The van der Waals surface area contributed by atoms with E-state index in [-0.39, 0.29) is 0 Å². The topological polar surface area (TPSA) is 40.0 Å². The van der Waals surface area contributed by atoms with Crippen LogP contribution in [0.5, 0.6) is 11.5 Å². The number of allylic oxidation sites excluding steroid dienone is 1. The molecular formula is C25H33NO3. The SMILES string of the molecule is C/C=C/COc1cc(C)c(OCCCCCc2ccccc2/C=N/OC)c(C)c1. The van der Waals surface area contributed by atoms with Crippen LogP contribution < -0.4 is 9.47 Å². The first-order valence-corrected chi connectivity index (χ1v) is 10.3. The highest BCUT2D eigenvalue weighted by Gasteiger charge is 2.07. The van der Waals surface area contributed by atoms with E-state index in [9.17, 15) is 0 Å². The predicted octanol–water partition coefficient (Wildman–Crippen LogP) is 6.03. The Bertz CT molecular complexity index is 788. The van der Waals surface area contributed by atoms with Gasteiger partial charge in [0, 0.05) is 0 Å². The van der Waals surface area contributed by atoms with Gasteiger partial charge in [-0.1, -0.05) is 41.6 Å². The Morgan fingerprint density at radius 2 is 1.72 bits per heavy atom. The Morgan fingerprint density at radius 1 is 0.966 bits per heavy atom. The van der Waals surface area contributed by atoms with E-state index in [1.807, 2.05) is 37.3 Å². The van der Waals surface area contributed by atoms with Gasteiger partial charge in [0.15, 0.2) is 0 Å². The average Bonchev–Trinajstić information content (AvgIpc) is 2.71. The highest BCUT2D eigenvalue weighted by molar-refractivity contribution is 5.81. The Balaban J connectivity index is 1.76. The van der Waals surface area contributed by atoms with Crippen LogP contribution in [-0.2, 0) is 11.3 Å². The average molecular weight is 396 g/mol. The Labute approximate surface area is 175 Å². The van der Waals surface area contributed by atoms with Crippen LogP contribution in [0, 0.1) is 13.8 Å². The molecule has 0 aliphatic carbocycles. The Hall–Kier alpha value is -2.75. The normalized spacial score (nSPS) is 11.3. The molecule has 2 aromatic carbocycles. The van der Waals surface area contributed by atoms with Crippen LogP contribution in [-0.4, -0.2) is 26.5 Å². The predicted molar refractivity (Wildman–Crippen MR) is 120 cm³/mol. The third-order valence-electron chi connectivity index (χ3n) is 4.70. The van der Waals surface area contributed by atoms with Gasteiger partial charge < -0.3 is 14.3 Å². The molecule has 0 saturated carbocycles. The van der Waals surface area contributed by atoms with Gasteiger partial charge in [-0.25, -0.2) is 0 Å². The minimum Gasteiger partial charge on any atom is -0.493 e. The molecule has 0 heterocycles. The first kappa shape index (κ1) is 22.5. The number of unbranched alkanes of at least 4 members (excludes halogenated alkanes) is 2. The molecule has 0 saturated heterocycles. The van der Waals surface area contributed by atoms with Crippen LogP contribution in [0.15, 0.2) is 53.7 Å². The van der Waals surface area contributed by atoms with E-state index >= 15 is 0 Å². The van der Waals surface area contributed by atoms with Crippen molar-refractivity contribution < 1.29 is 14.3 Å². The number of rotatable bonds is 12. The smallest absolute Gasteiger partial charge is 0.125 e. The van der Waals surface area contributed by atoms with Gasteiger partial charge in [-0.15, -0.1) is 0 Å². The van der Waals surface area contributed by atoms with Crippen molar-refractivity contribution in [2.45, 2.75) is 46.5 Å². The molecule has 0 radical (unpaired) electrons. The molecule has 2 aromatic rings. The molecule has 4 heteroatoms. The Kier molecular flexibility index (Phi) is 9.84. The van der Waals surface area contributed by atoms with Gasteiger partial charge in [0.25, 0.3) is 0 Å². The molecule has 0 aliphatic heterocycles. The Morgan fingerprint density at radius 3 is 2.45 bits per heavy atom. The van der Waals surface area contributed by atoms with Crippen molar-refractivity contribution in [3.05, 3.63) is 70.8 Å². The van der Waals surface area contributed by atoms with Crippen LogP contribution in [0.4, 0.5) is 0 Å². The first-order valence-electron chi connectivity index (χ1n) is 10.3. The zero-order valence-electron chi connectivity index (χ0n) is 18.1. The summed E-state index contributed by atoms with van der Waals surface area (Å²) in [6.07, 6.45) is 10.1. The summed E-state index contributed by atoms with van der Waals surface area (Å²) in [5.41, 5.74) is 4.65. The van der Waals surface area contributed by atoms with Gasteiger partial charge in [0.2, 0.25) is 0 Å². The van der Waals surface area contributed by atoms with Crippen molar-refractivity contribution in [3.63, 3.8) is 0 Å². The van der Waals surface area contributed by atoms with Crippen LogP contribution in [0.3, 0.4) is 0 Å². The number of hydrogen-bond acceptors (Lipinski definition) is 4. The van der Waals surface area contributed by atoms with E-state index in [0.29, 0.717) is 6.61 Å². The van der Waals surface area contributed by atoms with E-state index in [4.69, 9.17) is 14.3 Å². The second kappa shape index (κ2) is 12.7. The van der Waals surface area contributed by atoms with E-state index in [2.05, 4.69) is 37.2 Å². The van der Waals surface area contributed by atoms with Crippen molar-refractivity contribution >= 4 is 6.21 Å². The molecule has 0 unspecified atom stereocenters. The molecule has 29 heavy (non-hydrogen) atoms. The third-order valence-corrected chi connectivity index (χ3v) is 4.70. The summed E-state index contributed by atoms with van der Waals surface area (Å²) in [6, 6.07) is 12.4. The highest BCUT2D eigenvalue weighted by Crippen LogP contribution is 2.28. The molecule has 0 atom stereocenters. The number of aryl methyl sites for hydroxylation is 3. The fourth-order valence-corrected chi connectivity index (χ4v) is 3.23. The summed E-state index contributed by atoms with van der Waals surface area (Å²) >= 11 is 0. The molecule has 2 rings (SSSR count). The van der Waals surface area contributed by atoms with E-state index in [1.165, 1.54) is 5.56 Å². The summed E-state index contributed by atoms with van der Waals surface area (Å²) in [4.78, 5) is 4.79. The number of oxime groups is 1. The first-order chi connectivity index (χ1) is 14.2. The van der Waals surface area contributed by atoms with E-state index in [1.54, 1.807) is 13.3 Å². The lowest BCUT2D eigenvalue weighted by molar-refractivity contribution is 0.215. The molecule has 156 valence electrons. The highest BCUT2D eigenvalue weighted by atomic mass is 16.6. The molecule has 0 fully saturated rings. The number of hydrogen-bond donors (Lipinski definition) is 0.